The standard InChI is InChI=1S/C26H37N3O4/c1-20(2)15-16-29(22(18-30)19-33-23-13-9-6-10-14-23)26(32)27-24(25(31)28(3)4)17-21-11-7-5-8-12-21/h5-14,20,22,24,30H,15-19H2,1-4H3,(H,27,32)/t22-,24?/m0/s1. The third-order valence-corrected chi connectivity index (χ3v) is 5.36. The Morgan fingerprint density at radius 3 is 2.15 bits per heavy atom. The predicted octanol–water partition coefficient (Wildman–Crippen LogP) is 3.18. The van der Waals surface area contributed by atoms with Gasteiger partial charge in [-0.25, -0.2) is 4.79 Å². The summed E-state index contributed by atoms with van der Waals surface area (Å²) in [6.45, 7) is 4.51. The molecule has 0 spiro atoms. The lowest BCUT2D eigenvalue weighted by molar-refractivity contribution is -0.130. The van der Waals surface area contributed by atoms with Gasteiger partial charge < -0.3 is 25.0 Å². The second-order valence-corrected chi connectivity index (χ2v) is 8.76. The van der Waals surface area contributed by atoms with Gasteiger partial charge in [-0.1, -0.05) is 62.4 Å². The molecule has 0 saturated carbocycles. The summed E-state index contributed by atoms with van der Waals surface area (Å²) in [5.41, 5.74) is 0.956. The number of hydrogen-bond donors (Lipinski definition) is 2. The van der Waals surface area contributed by atoms with Crippen molar-refractivity contribution in [2.45, 2.75) is 38.8 Å². The highest BCUT2D eigenvalue weighted by molar-refractivity contribution is 5.87. The third kappa shape index (κ3) is 8.77. The summed E-state index contributed by atoms with van der Waals surface area (Å²) in [6, 6.07) is 17.2. The van der Waals surface area contributed by atoms with Crippen LogP contribution in [0.4, 0.5) is 4.79 Å². The minimum atomic E-state index is -0.717. The van der Waals surface area contributed by atoms with E-state index in [2.05, 4.69) is 19.2 Å². The molecule has 0 saturated heterocycles. The Bertz CT molecular complexity index is 843. The number of hydrogen-bond acceptors (Lipinski definition) is 4. The second kappa shape index (κ2) is 13.5. The minimum Gasteiger partial charge on any atom is -0.491 e. The lowest BCUT2D eigenvalue weighted by atomic mass is 10.0. The zero-order valence-corrected chi connectivity index (χ0v) is 20.1. The van der Waals surface area contributed by atoms with Crippen LogP contribution in [0.25, 0.3) is 0 Å². The van der Waals surface area contributed by atoms with Gasteiger partial charge in [0.15, 0.2) is 0 Å². The first-order valence-electron chi connectivity index (χ1n) is 11.4. The van der Waals surface area contributed by atoms with Crippen LogP contribution in [0, 0.1) is 5.92 Å². The number of nitrogens with one attached hydrogen (secondary N) is 1. The van der Waals surface area contributed by atoms with E-state index in [1.165, 1.54) is 4.90 Å². The number of amides is 3. The molecule has 7 heteroatoms. The molecular weight excluding hydrogens is 418 g/mol. The van der Waals surface area contributed by atoms with Crippen LogP contribution in [0.15, 0.2) is 60.7 Å². The smallest absolute Gasteiger partial charge is 0.318 e. The van der Waals surface area contributed by atoms with E-state index in [1.807, 2.05) is 60.7 Å². The second-order valence-electron chi connectivity index (χ2n) is 8.76. The number of ether oxygens (including phenoxy) is 1. The van der Waals surface area contributed by atoms with E-state index in [0.29, 0.717) is 24.6 Å². The quantitative estimate of drug-likeness (QED) is 0.515. The maximum absolute atomic E-state index is 13.4. The van der Waals surface area contributed by atoms with E-state index < -0.39 is 12.1 Å². The van der Waals surface area contributed by atoms with Crippen molar-refractivity contribution in [3.8, 4) is 5.75 Å². The first-order valence-corrected chi connectivity index (χ1v) is 11.4. The van der Waals surface area contributed by atoms with Crippen LogP contribution >= 0.6 is 0 Å². The Morgan fingerprint density at radius 1 is 1.00 bits per heavy atom. The molecule has 2 aromatic carbocycles. The van der Waals surface area contributed by atoms with Crippen LogP contribution in [-0.2, 0) is 11.2 Å². The molecule has 2 aromatic rings. The van der Waals surface area contributed by atoms with Crippen molar-refractivity contribution in [1.82, 2.24) is 15.1 Å². The Kier molecular flexibility index (Phi) is 10.7. The number of benzene rings is 2. The lowest BCUT2D eigenvalue weighted by Crippen LogP contribution is -2.56. The molecule has 0 fully saturated rings. The van der Waals surface area contributed by atoms with Crippen LogP contribution in [0.3, 0.4) is 0 Å². The molecular formula is C26H37N3O4. The van der Waals surface area contributed by atoms with Gasteiger partial charge in [-0.2, -0.15) is 0 Å². The highest BCUT2D eigenvalue weighted by Crippen LogP contribution is 2.13. The summed E-state index contributed by atoms with van der Waals surface area (Å²) in [6.07, 6.45) is 1.14. The number of nitrogens with zero attached hydrogens (tertiary/aromatic N) is 2. The molecule has 0 aliphatic rings. The molecule has 180 valence electrons. The summed E-state index contributed by atoms with van der Waals surface area (Å²) in [5.74, 6) is 0.861. The van der Waals surface area contributed by atoms with Gasteiger partial charge in [0.25, 0.3) is 0 Å². The fourth-order valence-electron chi connectivity index (χ4n) is 3.39. The number of carbonyl (C=O) groups excluding carboxylic acids is 2. The van der Waals surface area contributed by atoms with Crippen LogP contribution in [-0.4, -0.2) is 72.8 Å². The number of aliphatic hydroxyl groups is 1. The summed E-state index contributed by atoms with van der Waals surface area (Å²) >= 11 is 0. The number of urea groups is 1. The zero-order chi connectivity index (χ0) is 24.2. The maximum atomic E-state index is 13.4. The molecule has 1 unspecified atom stereocenters. The summed E-state index contributed by atoms with van der Waals surface area (Å²) in [4.78, 5) is 29.3. The van der Waals surface area contributed by atoms with E-state index in [-0.39, 0.29) is 25.2 Å². The predicted molar refractivity (Wildman–Crippen MR) is 130 cm³/mol. The van der Waals surface area contributed by atoms with Gasteiger partial charge in [0.1, 0.15) is 18.4 Å². The van der Waals surface area contributed by atoms with E-state index >= 15 is 0 Å². The highest BCUT2D eigenvalue weighted by Gasteiger charge is 2.29. The SMILES string of the molecule is CC(C)CCN(C(=O)NC(Cc1ccccc1)C(=O)N(C)C)[C@@H](CO)COc1ccccc1. The molecule has 0 aliphatic carbocycles. The molecule has 2 rings (SSSR count). The van der Waals surface area contributed by atoms with Crippen molar-refractivity contribution < 1.29 is 19.4 Å². The van der Waals surface area contributed by atoms with Crippen molar-refractivity contribution >= 4 is 11.9 Å². The lowest BCUT2D eigenvalue weighted by Gasteiger charge is -2.33. The van der Waals surface area contributed by atoms with Crippen molar-refractivity contribution in [2.24, 2.45) is 5.92 Å². The summed E-state index contributed by atoms with van der Waals surface area (Å²) in [5, 5.41) is 13.0. The van der Waals surface area contributed by atoms with Crippen LogP contribution < -0.4 is 10.1 Å². The van der Waals surface area contributed by atoms with Crippen LogP contribution in [0.1, 0.15) is 25.8 Å². The van der Waals surface area contributed by atoms with Crippen LogP contribution in [0.5, 0.6) is 5.75 Å². The van der Waals surface area contributed by atoms with E-state index in [9.17, 15) is 14.7 Å². The summed E-state index contributed by atoms with van der Waals surface area (Å²) in [7, 11) is 3.35. The van der Waals surface area contributed by atoms with Gasteiger partial charge in [-0.3, -0.25) is 4.79 Å². The molecule has 3 amide bonds. The monoisotopic (exact) mass is 455 g/mol. The Balaban J connectivity index is 2.17. The number of para-hydroxylation sites is 1. The number of carbonyl (C=O) groups is 2. The normalized spacial score (nSPS) is 12.7. The van der Waals surface area contributed by atoms with Gasteiger partial charge in [0, 0.05) is 27.1 Å². The minimum absolute atomic E-state index is 0.150. The van der Waals surface area contributed by atoms with Gasteiger partial charge in [-0.05, 0) is 30.0 Å². The topological polar surface area (TPSA) is 82.1 Å². The van der Waals surface area contributed by atoms with Crippen molar-refractivity contribution in [1.29, 1.82) is 0 Å². The molecule has 33 heavy (non-hydrogen) atoms. The van der Waals surface area contributed by atoms with Gasteiger partial charge in [0.2, 0.25) is 5.91 Å². The number of likely N-dealkylation sites (N-methyl/N-ethyl adjacent to an activating group) is 1. The van der Waals surface area contributed by atoms with E-state index in [4.69, 9.17) is 4.74 Å². The number of aliphatic hydroxyl groups excluding tert-OH is 1. The molecule has 2 atom stereocenters. The van der Waals surface area contributed by atoms with Crippen molar-refractivity contribution in [2.75, 3.05) is 33.9 Å². The fraction of sp³-hybridized carbons (Fsp3) is 0.462. The molecule has 0 aliphatic heterocycles. The molecule has 0 heterocycles. The van der Waals surface area contributed by atoms with Crippen molar-refractivity contribution in [3.63, 3.8) is 0 Å². The first-order chi connectivity index (χ1) is 15.8. The van der Waals surface area contributed by atoms with Crippen LogP contribution in [0.2, 0.25) is 0 Å². The molecule has 0 bridgehead atoms. The van der Waals surface area contributed by atoms with E-state index in [0.717, 1.165) is 12.0 Å². The average Bonchev–Trinajstić information content (AvgIpc) is 2.81. The van der Waals surface area contributed by atoms with Gasteiger partial charge in [-0.15, -0.1) is 0 Å². The largest absolute Gasteiger partial charge is 0.491 e. The highest BCUT2D eigenvalue weighted by atomic mass is 16.5. The van der Waals surface area contributed by atoms with Gasteiger partial charge >= 0.3 is 6.03 Å². The zero-order valence-electron chi connectivity index (χ0n) is 20.1. The maximum Gasteiger partial charge on any atom is 0.318 e. The Morgan fingerprint density at radius 2 is 1.61 bits per heavy atom. The molecule has 0 aromatic heterocycles. The fourth-order valence-corrected chi connectivity index (χ4v) is 3.39. The Labute approximate surface area is 197 Å². The van der Waals surface area contributed by atoms with E-state index in [1.54, 1.807) is 19.0 Å². The third-order valence-electron chi connectivity index (χ3n) is 5.36. The number of rotatable bonds is 12. The Hall–Kier alpha value is -3.06. The molecule has 0 radical (unpaired) electrons. The average molecular weight is 456 g/mol. The molecule has 7 nitrogen and oxygen atoms in total. The summed E-state index contributed by atoms with van der Waals surface area (Å²) < 4.78 is 5.83. The van der Waals surface area contributed by atoms with Gasteiger partial charge in [0.05, 0.1) is 12.6 Å². The molecule has 2 N–H and O–H groups in total. The first kappa shape index (κ1) is 26.2. The van der Waals surface area contributed by atoms with Crippen molar-refractivity contribution in [3.05, 3.63) is 66.2 Å².